The second-order valence-electron chi connectivity index (χ2n) is 4.97. The van der Waals surface area contributed by atoms with E-state index < -0.39 is 0 Å². The Morgan fingerprint density at radius 3 is 2.09 bits per heavy atom. The van der Waals surface area contributed by atoms with Gasteiger partial charge in [0.2, 0.25) is 0 Å². The number of hydrogen-bond acceptors (Lipinski definition) is 4. The topological polar surface area (TPSA) is 30.5 Å². The third kappa shape index (κ3) is 5.04. The number of hydrogen-bond donors (Lipinski definition) is 1. The van der Waals surface area contributed by atoms with Gasteiger partial charge in [-0.1, -0.05) is 24.3 Å². The molecular weight excluding hydrogens is 306 g/mol. The van der Waals surface area contributed by atoms with E-state index in [4.69, 9.17) is 9.47 Å². The van der Waals surface area contributed by atoms with Gasteiger partial charge >= 0.3 is 0 Å². The highest BCUT2D eigenvalue weighted by atomic mass is 32.1. The van der Waals surface area contributed by atoms with E-state index in [0.29, 0.717) is 13.2 Å². The molecule has 0 unspecified atom stereocenters. The fraction of sp³-hybridized carbons (Fsp3) is 0.158. The summed E-state index contributed by atoms with van der Waals surface area (Å²) >= 11 is 1.76. The zero-order valence-corrected chi connectivity index (χ0v) is 13.6. The quantitative estimate of drug-likeness (QED) is 0.602. The molecule has 0 aliphatic heterocycles. The highest BCUT2D eigenvalue weighted by Crippen LogP contribution is 2.17. The van der Waals surface area contributed by atoms with E-state index in [2.05, 4.69) is 22.8 Å². The van der Waals surface area contributed by atoms with Gasteiger partial charge in [0, 0.05) is 17.1 Å². The fourth-order valence-electron chi connectivity index (χ4n) is 2.11. The Bertz CT molecular complexity index is 681. The first-order valence-electron chi connectivity index (χ1n) is 7.57. The van der Waals surface area contributed by atoms with Gasteiger partial charge in [-0.2, -0.15) is 0 Å². The minimum absolute atomic E-state index is 0.525. The lowest BCUT2D eigenvalue weighted by atomic mass is 10.3. The largest absolute Gasteiger partial charge is 0.490 e. The van der Waals surface area contributed by atoms with E-state index in [1.807, 2.05) is 54.6 Å². The van der Waals surface area contributed by atoms with Crippen LogP contribution in [0.4, 0.5) is 5.69 Å². The van der Waals surface area contributed by atoms with E-state index in [1.54, 1.807) is 11.3 Å². The Hall–Kier alpha value is -2.46. The van der Waals surface area contributed by atoms with Crippen molar-refractivity contribution in [2.24, 2.45) is 0 Å². The average molecular weight is 325 g/mol. The number of anilines is 1. The van der Waals surface area contributed by atoms with Crippen molar-refractivity contribution in [2.45, 2.75) is 6.54 Å². The third-order valence-corrected chi connectivity index (χ3v) is 4.14. The minimum atomic E-state index is 0.525. The predicted molar refractivity (Wildman–Crippen MR) is 95.5 cm³/mol. The molecule has 1 aromatic heterocycles. The molecule has 0 aliphatic carbocycles. The van der Waals surface area contributed by atoms with Gasteiger partial charge in [0.25, 0.3) is 0 Å². The van der Waals surface area contributed by atoms with Crippen LogP contribution in [0.3, 0.4) is 0 Å². The van der Waals surface area contributed by atoms with Gasteiger partial charge in [-0.3, -0.25) is 0 Å². The fourth-order valence-corrected chi connectivity index (χ4v) is 2.75. The van der Waals surface area contributed by atoms with Gasteiger partial charge in [-0.25, -0.2) is 0 Å². The van der Waals surface area contributed by atoms with Gasteiger partial charge in [0.15, 0.2) is 0 Å². The summed E-state index contributed by atoms with van der Waals surface area (Å²) in [6, 6.07) is 22.0. The normalized spacial score (nSPS) is 10.3. The first-order valence-corrected chi connectivity index (χ1v) is 8.45. The SMILES string of the molecule is c1ccc(OCCOc2ccc(NCc3cccs3)cc2)cc1. The second kappa shape index (κ2) is 8.25. The standard InChI is InChI=1S/C19H19NO2S/c1-2-5-17(6-3-1)21-12-13-22-18-10-8-16(9-11-18)20-15-19-7-4-14-23-19/h1-11,14,20H,12-13,15H2. The smallest absolute Gasteiger partial charge is 0.122 e. The molecule has 3 rings (SSSR count). The Morgan fingerprint density at radius 1 is 0.739 bits per heavy atom. The highest BCUT2D eigenvalue weighted by Gasteiger charge is 1.98. The molecule has 118 valence electrons. The van der Waals surface area contributed by atoms with Crippen molar-refractivity contribution in [1.29, 1.82) is 0 Å². The summed E-state index contributed by atoms with van der Waals surface area (Å²) in [4.78, 5) is 1.32. The van der Waals surface area contributed by atoms with Crippen LogP contribution in [-0.2, 0) is 6.54 Å². The summed E-state index contributed by atoms with van der Waals surface area (Å²) in [5, 5.41) is 5.48. The molecule has 0 fully saturated rings. The van der Waals surface area contributed by atoms with E-state index in [-0.39, 0.29) is 0 Å². The summed E-state index contributed by atoms with van der Waals surface area (Å²) in [7, 11) is 0. The molecule has 1 N–H and O–H groups in total. The maximum absolute atomic E-state index is 5.68. The van der Waals surface area contributed by atoms with E-state index in [0.717, 1.165) is 23.7 Å². The van der Waals surface area contributed by atoms with Crippen LogP contribution in [0.25, 0.3) is 0 Å². The van der Waals surface area contributed by atoms with E-state index >= 15 is 0 Å². The molecule has 0 amide bonds. The van der Waals surface area contributed by atoms with Gasteiger partial charge in [0.05, 0.1) is 0 Å². The summed E-state index contributed by atoms with van der Waals surface area (Å²) < 4.78 is 11.3. The van der Waals surface area contributed by atoms with Gasteiger partial charge in [0.1, 0.15) is 24.7 Å². The molecule has 23 heavy (non-hydrogen) atoms. The molecule has 0 spiro atoms. The van der Waals surface area contributed by atoms with Crippen LogP contribution in [-0.4, -0.2) is 13.2 Å². The molecule has 1 heterocycles. The molecule has 0 bridgehead atoms. The Balaban J connectivity index is 1.39. The van der Waals surface area contributed by atoms with Gasteiger partial charge in [-0.15, -0.1) is 11.3 Å². The zero-order chi connectivity index (χ0) is 15.7. The number of benzene rings is 2. The molecule has 0 saturated carbocycles. The van der Waals surface area contributed by atoms with Crippen molar-refractivity contribution in [1.82, 2.24) is 0 Å². The molecule has 0 atom stereocenters. The molecule has 4 heteroatoms. The van der Waals surface area contributed by atoms with Crippen molar-refractivity contribution in [3.63, 3.8) is 0 Å². The summed E-state index contributed by atoms with van der Waals surface area (Å²) in [6.07, 6.45) is 0. The monoisotopic (exact) mass is 325 g/mol. The van der Waals surface area contributed by atoms with Crippen LogP contribution in [0.1, 0.15) is 4.88 Å². The highest BCUT2D eigenvalue weighted by molar-refractivity contribution is 7.09. The third-order valence-electron chi connectivity index (χ3n) is 3.27. The summed E-state index contributed by atoms with van der Waals surface area (Å²) in [5.74, 6) is 1.72. The maximum atomic E-state index is 5.68. The number of thiophene rings is 1. The lowest BCUT2D eigenvalue weighted by Gasteiger charge is -2.09. The van der Waals surface area contributed by atoms with Crippen LogP contribution in [0, 0.1) is 0 Å². The van der Waals surface area contributed by atoms with E-state index in [9.17, 15) is 0 Å². The minimum Gasteiger partial charge on any atom is -0.490 e. The second-order valence-corrected chi connectivity index (χ2v) is 6.00. The Labute approximate surface area is 140 Å². The molecule has 2 aromatic carbocycles. The molecular formula is C19H19NO2S. The average Bonchev–Trinajstić information content (AvgIpc) is 3.12. The zero-order valence-electron chi connectivity index (χ0n) is 12.8. The number of rotatable bonds is 8. The maximum Gasteiger partial charge on any atom is 0.122 e. The number of nitrogens with one attached hydrogen (secondary N) is 1. The molecule has 0 saturated heterocycles. The molecule has 0 radical (unpaired) electrons. The van der Waals surface area contributed by atoms with Crippen LogP contribution >= 0.6 is 11.3 Å². The summed E-state index contributed by atoms with van der Waals surface area (Å²) in [6.45, 7) is 1.90. The lowest BCUT2D eigenvalue weighted by molar-refractivity contribution is 0.217. The van der Waals surface area contributed by atoms with Gasteiger partial charge in [-0.05, 0) is 47.8 Å². The van der Waals surface area contributed by atoms with Crippen molar-refractivity contribution in [2.75, 3.05) is 18.5 Å². The first-order chi connectivity index (χ1) is 11.4. The van der Waals surface area contributed by atoms with Crippen LogP contribution in [0.2, 0.25) is 0 Å². The predicted octanol–water partition coefficient (Wildman–Crippen LogP) is 4.82. The number of ether oxygens (including phenoxy) is 2. The number of para-hydroxylation sites is 1. The van der Waals surface area contributed by atoms with Crippen molar-refractivity contribution >= 4 is 17.0 Å². The lowest BCUT2D eigenvalue weighted by Crippen LogP contribution is -2.08. The first kappa shape index (κ1) is 15.4. The van der Waals surface area contributed by atoms with Crippen molar-refractivity contribution in [3.05, 3.63) is 77.0 Å². The Morgan fingerprint density at radius 2 is 1.43 bits per heavy atom. The van der Waals surface area contributed by atoms with Crippen molar-refractivity contribution < 1.29 is 9.47 Å². The van der Waals surface area contributed by atoms with Crippen LogP contribution < -0.4 is 14.8 Å². The van der Waals surface area contributed by atoms with Crippen molar-refractivity contribution in [3.8, 4) is 11.5 Å². The molecule has 3 nitrogen and oxygen atoms in total. The Kier molecular flexibility index (Phi) is 5.53. The van der Waals surface area contributed by atoms with Crippen LogP contribution in [0.15, 0.2) is 72.1 Å². The molecule has 0 aliphatic rings. The molecule has 3 aromatic rings. The van der Waals surface area contributed by atoms with Crippen LogP contribution in [0.5, 0.6) is 11.5 Å². The van der Waals surface area contributed by atoms with E-state index in [1.165, 1.54) is 4.88 Å². The van der Waals surface area contributed by atoms with Gasteiger partial charge < -0.3 is 14.8 Å². The summed E-state index contributed by atoms with van der Waals surface area (Å²) in [5.41, 5.74) is 1.09.